The van der Waals surface area contributed by atoms with E-state index in [0.717, 1.165) is 51.4 Å². The van der Waals surface area contributed by atoms with Crippen molar-refractivity contribution in [1.29, 1.82) is 0 Å². The molecule has 1 aliphatic rings. The summed E-state index contributed by atoms with van der Waals surface area (Å²) in [6, 6.07) is 0. The molecule has 1 saturated carbocycles. The third-order valence-corrected chi connectivity index (χ3v) is 5.70. The Balaban J connectivity index is 2.67. The highest BCUT2D eigenvalue weighted by Crippen LogP contribution is 2.38. The van der Waals surface area contributed by atoms with Gasteiger partial charge in [-0.15, -0.1) is 0 Å². The number of carboxylic acid groups (broad SMARTS) is 1. The summed E-state index contributed by atoms with van der Waals surface area (Å²) in [5.74, 6) is -1.02. The molecule has 1 atom stereocenters. The molecule has 0 aromatic heterocycles. The van der Waals surface area contributed by atoms with E-state index in [2.05, 4.69) is 12.2 Å². The van der Waals surface area contributed by atoms with Gasteiger partial charge in [-0.25, -0.2) is 4.79 Å². The fourth-order valence-electron chi connectivity index (χ4n) is 3.92. The molecule has 0 aromatic rings. The van der Waals surface area contributed by atoms with Crippen LogP contribution in [-0.4, -0.2) is 48.3 Å². The monoisotopic (exact) mass is 413 g/mol. The largest absolute Gasteiger partial charge is 0.481 e. The number of ketones is 1. The number of ether oxygens (including phenoxy) is 2. The number of amides is 1. The van der Waals surface area contributed by atoms with E-state index >= 15 is 0 Å². The lowest BCUT2D eigenvalue weighted by atomic mass is 9.72. The van der Waals surface area contributed by atoms with Gasteiger partial charge >= 0.3 is 12.1 Å². The molecule has 0 saturated heterocycles. The molecule has 7 heteroatoms. The minimum Gasteiger partial charge on any atom is -0.481 e. The number of hydrogen-bond acceptors (Lipinski definition) is 5. The number of aliphatic carboxylic acids is 1. The number of rotatable bonds is 14. The Morgan fingerprint density at radius 1 is 1.07 bits per heavy atom. The maximum atomic E-state index is 12.6. The average molecular weight is 414 g/mol. The van der Waals surface area contributed by atoms with Crippen molar-refractivity contribution < 1.29 is 29.0 Å². The molecule has 1 rings (SSSR count). The number of carbonyl (C=O) groups is 3. The van der Waals surface area contributed by atoms with Crippen LogP contribution in [0, 0.1) is 5.41 Å². The zero-order chi connectivity index (χ0) is 21.8. The van der Waals surface area contributed by atoms with E-state index in [0.29, 0.717) is 19.4 Å². The highest BCUT2D eigenvalue weighted by atomic mass is 16.6. The summed E-state index contributed by atoms with van der Waals surface area (Å²) < 4.78 is 11.2. The molecule has 0 radical (unpaired) electrons. The number of hydrogen-bond donors (Lipinski definition) is 2. The molecule has 1 fully saturated rings. The molecule has 1 unspecified atom stereocenters. The smallest absolute Gasteiger partial charge is 0.408 e. The van der Waals surface area contributed by atoms with Gasteiger partial charge in [0, 0.05) is 19.6 Å². The van der Waals surface area contributed by atoms with Gasteiger partial charge in [0.2, 0.25) is 0 Å². The van der Waals surface area contributed by atoms with Crippen LogP contribution in [-0.2, 0) is 19.1 Å². The van der Waals surface area contributed by atoms with Crippen molar-refractivity contribution >= 4 is 17.8 Å². The lowest BCUT2D eigenvalue weighted by molar-refractivity contribution is -0.142. The maximum absolute atomic E-state index is 12.6. The van der Waals surface area contributed by atoms with Crippen molar-refractivity contribution in [2.45, 2.75) is 97.0 Å². The van der Waals surface area contributed by atoms with Crippen LogP contribution in [0.1, 0.15) is 91.4 Å². The predicted octanol–water partition coefficient (Wildman–Crippen LogP) is 4.47. The predicted molar refractivity (Wildman–Crippen MR) is 111 cm³/mol. The van der Waals surface area contributed by atoms with Crippen molar-refractivity contribution in [3.63, 3.8) is 0 Å². The Labute approximate surface area is 174 Å². The fraction of sp³-hybridized carbons (Fsp3) is 0.864. The summed E-state index contributed by atoms with van der Waals surface area (Å²) in [6.45, 7) is 6.40. The van der Waals surface area contributed by atoms with Crippen LogP contribution in [0.25, 0.3) is 0 Å². The molecule has 0 spiro atoms. The first kappa shape index (κ1) is 25.4. The highest BCUT2D eigenvalue weighted by Gasteiger charge is 2.39. The van der Waals surface area contributed by atoms with Gasteiger partial charge in [0.05, 0.1) is 13.0 Å². The molecule has 0 aromatic carbocycles. The summed E-state index contributed by atoms with van der Waals surface area (Å²) in [7, 11) is 0. The fourth-order valence-corrected chi connectivity index (χ4v) is 3.92. The van der Waals surface area contributed by atoms with Gasteiger partial charge in [-0.2, -0.15) is 0 Å². The van der Waals surface area contributed by atoms with E-state index in [9.17, 15) is 19.5 Å². The Morgan fingerprint density at radius 2 is 1.76 bits per heavy atom. The number of carbonyl (C=O) groups excluding carboxylic acids is 2. The second-order valence-corrected chi connectivity index (χ2v) is 8.54. The van der Waals surface area contributed by atoms with Crippen LogP contribution < -0.4 is 5.32 Å². The molecular weight excluding hydrogens is 374 g/mol. The molecule has 0 bridgehead atoms. The number of unbranched alkanes of at least 4 members (excludes halogenated alkanes) is 2. The Kier molecular flexibility index (Phi) is 11.2. The van der Waals surface area contributed by atoms with E-state index in [4.69, 9.17) is 9.47 Å². The minimum atomic E-state index is -1.33. The van der Waals surface area contributed by atoms with Gasteiger partial charge < -0.3 is 19.9 Å². The quantitative estimate of drug-likeness (QED) is 0.407. The van der Waals surface area contributed by atoms with Gasteiger partial charge in [-0.05, 0) is 38.0 Å². The molecule has 0 aliphatic heterocycles. The summed E-state index contributed by atoms with van der Waals surface area (Å²) in [4.78, 5) is 36.4. The summed E-state index contributed by atoms with van der Waals surface area (Å²) >= 11 is 0. The lowest BCUT2D eigenvalue weighted by Crippen LogP contribution is -2.49. The maximum Gasteiger partial charge on any atom is 0.408 e. The number of alkyl carbamates (subject to hydrolysis) is 1. The van der Waals surface area contributed by atoms with Crippen molar-refractivity contribution in [3.8, 4) is 0 Å². The number of carboxylic acids is 1. The van der Waals surface area contributed by atoms with Crippen molar-refractivity contribution in [2.24, 2.45) is 5.41 Å². The lowest BCUT2D eigenvalue weighted by Gasteiger charge is -2.36. The van der Waals surface area contributed by atoms with E-state index in [1.165, 1.54) is 0 Å². The molecule has 168 valence electrons. The first-order valence-electron chi connectivity index (χ1n) is 11.1. The zero-order valence-electron chi connectivity index (χ0n) is 18.4. The zero-order valence-corrected chi connectivity index (χ0v) is 18.4. The minimum absolute atomic E-state index is 0.0276. The highest BCUT2D eigenvalue weighted by molar-refractivity contribution is 5.89. The van der Waals surface area contributed by atoms with Crippen molar-refractivity contribution in [2.75, 3.05) is 19.8 Å². The van der Waals surface area contributed by atoms with Crippen molar-refractivity contribution in [3.05, 3.63) is 0 Å². The number of Topliss-reactive ketones (excluding diaryl/α,β-unsaturated/α-hetero) is 1. The number of nitrogens with one attached hydrogen (secondary N) is 1. The van der Waals surface area contributed by atoms with Gasteiger partial charge in [-0.3, -0.25) is 9.59 Å². The Hall–Kier alpha value is -1.63. The SMILES string of the molecule is CCCCCOCC(C)(OC(=O)NCC1(CC(=O)O)CCCCC1)C(=O)CCC. The molecular formula is C22H39NO6. The second kappa shape index (κ2) is 12.8. The van der Waals surface area contributed by atoms with Crippen LogP contribution >= 0.6 is 0 Å². The first-order valence-corrected chi connectivity index (χ1v) is 11.1. The third kappa shape index (κ3) is 9.15. The third-order valence-electron chi connectivity index (χ3n) is 5.70. The second-order valence-electron chi connectivity index (χ2n) is 8.54. The van der Waals surface area contributed by atoms with Gasteiger partial charge in [0.25, 0.3) is 0 Å². The van der Waals surface area contributed by atoms with Crippen LogP contribution in [0.5, 0.6) is 0 Å². The van der Waals surface area contributed by atoms with Gasteiger partial charge in [0.1, 0.15) is 0 Å². The van der Waals surface area contributed by atoms with E-state index in [1.54, 1.807) is 6.92 Å². The van der Waals surface area contributed by atoms with E-state index in [-0.39, 0.29) is 25.4 Å². The van der Waals surface area contributed by atoms with E-state index in [1.807, 2.05) is 6.92 Å². The molecule has 29 heavy (non-hydrogen) atoms. The summed E-state index contributed by atoms with van der Waals surface area (Å²) in [5, 5.41) is 12.0. The van der Waals surface area contributed by atoms with E-state index < -0.39 is 23.1 Å². The van der Waals surface area contributed by atoms with Crippen LogP contribution in [0.3, 0.4) is 0 Å². The molecule has 2 N–H and O–H groups in total. The van der Waals surface area contributed by atoms with Crippen molar-refractivity contribution in [1.82, 2.24) is 5.32 Å². The standard InChI is InChI=1S/C22H39NO6/c1-4-6-10-14-28-17-21(3,18(24)11-5-2)29-20(27)23-16-22(15-19(25)26)12-8-7-9-13-22/h4-17H2,1-3H3,(H,23,27)(H,25,26). The Bertz CT molecular complexity index is 529. The van der Waals surface area contributed by atoms with Crippen LogP contribution in [0.4, 0.5) is 4.79 Å². The van der Waals surface area contributed by atoms with Crippen LogP contribution in [0.2, 0.25) is 0 Å². The van der Waals surface area contributed by atoms with Crippen LogP contribution in [0.15, 0.2) is 0 Å². The average Bonchev–Trinajstić information content (AvgIpc) is 2.67. The molecule has 1 amide bonds. The van der Waals surface area contributed by atoms with Gasteiger partial charge in [-0.1, -0.05) is 46.0 Å². The van der Waals surface area contributed by atoms with Gasteiger partial charge in [0.15, 0.2) is 11.4 Å². The first-order chi connectivity index (χ1) is 13.8. The summed E-state index contributed by atoms with van der Waals surface area (Å²) in [5.41, 5.74) is -1.78. The normalized spacial score (nSPS) is 17.9. The topological polar surface area (TPSA) is 102 Å². The molecule has 0 heterocycles. The molecule has 1 aliphatic carbocycles. The summed E-state index contributed by atoms with van der Waals surface area (Å²) in [6.07, 6.45) is 7.89. The Morgan fingerprint density at radius 3 is 2.34 bits per heavy atom. The molecule has 7 nitrogen and oxygen atoms in total.